The van der Waals surface area contributed by atoms with Crippen molar-refractivity contribution in [2.24, 2.45) is 0 Å². The number of rotatable bonds is 5. The minimum Gasteiger partial charge on any atom is -0.314 e. The highest BCUT2D eigenvalue weighted by Crippen LogP contribution is 2.31. The van der Waals surface area contributed by atoms with E-state index in [1.54, 1.807) is 6.07 Å². The summed E-state index contributed by atoms with van der Waals surface area (Å²) in [7, 11) is -3.10. The Kier molecular flexibility index (Phi) is 5.72. The van der Waals surface area contributed by atoms with E-state index in [2.05, 4.69) is 28.4 Å². The molecule has 1 fully saturated rings. The van der Waals surface area contributed by atoms with E-state index in [1.807, 2.05) is 36.4 Å². The molecule has 2 aromatic carbocycles. The van der Waals surface area contributed by atoms with Crippen LogP contribution in [0.1, 0.15) is 22.7 Å². The average molecular weight is 369 g/mol. The van der Waals surface area contributed by atoms with E-state index in [-0.39, 0.29) is 17.8 Å². The molecule has 6 heteroatoms. The van der Waals surface area contributed by atoms with Gasteiger partial charge in [-0.2, -0.15) is 5.26 Å². The highest BCUT2D eigenvalue weighted by Gasteiger charge is 2.32. The molecule has 5 nitrogen and oxygen atoms in total. The van der Waals surface area contributed by atoms with Gasteiger partial charge >= 0.3 is 0 Å². The second kappa shape index (κ2) is 8.00. The van der Waals surface area contributed by atoms with Gasteiger partial charge in [0.2, 0.25) is 0 Å². The van der Waals surface area contributed by atoms with Crippen LogP contribution in [0.15, 0.2) is 54.6 Å². The quantitative estimate of drug-likeness (QED) is 0.872. The molecule has 0 spiro atoms. The molecule has 0 bridgehead atoms. The molecule has 2 aromatic rings. The van der Waals surface area contributed by atoms with E-state index >= 15 is 0 Å². The maximum atomic E-state index is 11.9. The predicted octanol–water partition coefficient (Wildman–Crippen LogP) is 1.97. The maximum absolute atomic E-state index is 11.9. The fourth-order valence-electron chi connectivity index (χ4n) is 3.61. The van der Waals surface area contributed by atoms with E-state index in [9.17, 15) is 13.7 Å². The largest absolute Gasteiger partial charge is 0.314 e. The Balaban J connectivity index is 2.05. The summed E-state index contributed by atoms with van der Waals surface area (Å²) in [6, 6.07) is 19.7. The first-order valence-corrected chi connectivity index (χ1v) is 10.7. The van der Waals surface area contributed by atoms with Gasteiger partial charge in [-0.15, -0.1) is 0 Å². The van der Waals surface area contributed by atoms with Crippen LogP contribution in [0.4, 0.5) is 0 Å². The fourth-order valence-corrected chi connectivity index (χ4v) is 4.62. The molecule has 136 valence electrons. The summed E-state index contributed by atoms with van der Waals surface area (Å²) in [6.45, 7) is 2.19. The molecule has 1 aliphatic rings. The van der Waals surface area contributed by atoms with Crippen molar-refractivity contribution >= 4 is 9.84 Å². The van der Waals surface area contributed by atoms with Crippen LogP contribution in [-0.4, -0.2) is 51.0 Å². The minimum atomic E-state index is -3.10. The molecule has 3 rings (SSSR count). The first kappa shape index (κ1) is 18.6. The molecule has 0 amide bonds. The van der Waals surface area contributed by atoms with E-state index in [0.29, 0.717) is 12.1 Å². The molecule has 2 atom stereocenters. The highest BCUT2D eigenvalue weighted by molar-refractivity contribution is 7.90. The van der Waals surface area contributed by atoms with Gasteiger partial charge in [0.15, 0.2) is 0 Å². The zero-order valence-electron chi connectivity index (χ0n) is 14.8. The summed E-state index contributed by atoms with van der Waals surface area (Å²) in [5.41, 5.74) is 2.72. The molecule has 1 aliphatic heterocycles. The monoisotopic (exact) mass is 369 g/mol. The lowest BCUT2D eigenvalue weighted by atomic mass is 9.94. The third-order valence-corrected chi connectivity index (χ3v) is 5.66. The summed E-state index contributed by atoms with van der Waals surface area (Å²) in [5.74, 6) is 0.112. The van der Waals surface area contributed by atoms with E-state index < -0.39 is 9.84 Å². The Morgan fingerprint density at radius 2 is 1.92 bits per heavy atom. The van der Waals surface area contributed by atoms with Crippen LogP contribution in [0.3, 0.4) is 0 Å². The number of sulfone groups is 1. The summed E-state index contributed by atoms with van der Waals surface area (Å²) >= 11 is 0. The second-order valence-corrected chi connectivity index (χ2v) is 8.92. The van der Waals surface area contributed by atoms with Gasteiger partial charge in [0.1, 0.15) is 9.84 Å². The van der Waals surface area contributed by atoms with Gasteiger partial charge in [0.05, 0.1) is 23.4 Å². The third kappa shape index (κ3) is 4.50. The number of benzene rings is 2. The molecule has 26 heavy (non-hydrogen) atoms. The van der Waals surface area contributed by atoms with Crippen molar-refractivity contribution in [3.63, 3.8) is 0 Å². The lowest BCUT2D eigenvalue weighted by molar-refractivity contribution is 0.138. The van der Waals surface area contributed by atoms with Crippen LogP contribution in [0, 0.1) is 11.3 Å². The topological polar surface area (TPSA) is 73.2 Å². The molecule has 1 heterocycles. The Morgan fingerprint density at radius 1 is 1.19 bits per heavy atom. The number of hydrogen-bond donors (Lipinski definition) is 1. The van der Waals surface area contributed by atoms with Crippen LogP contribution in [0.5, 0.6) is 0 Å². The van der Waals surface area contributed by atoms with E-state index in [4.69, 9.17) is 0 Å². The van der Waals surface area contributed by atoms with Gasteiger partial charge < -0.3 is 5.32 Å². The van der Waals surface area contributed by atoms with Crippen molar-refractivity contribution in [1.82, 2.24) is 10.2 Å². The van der Waals surface area contributed by atoms with Crippen molar-refractivity contribution in [2.45, 2.75) is 12.1 Å². The Bertz CT molecular complexity index is 891. The number of piperazine rings is 1. The summed E-state index contributed by atoms with van der Waals surface area (Å²) in [4.78, 5) is 2.25. The van der Waals surface area contributed by atoms with Gasteiger partial charge in [-0.05, 0) is 23.3 Å². The molecular weight excluding hydrogens is 346 g/mol. The van der Waals surface area contributed by atoms with Gasteiger partial charge in [-0.25, -0.2) is 8.42 Å². The number of nitrogens with zero attached hydrogens (tertiary/aromatic N) is 2. The second-order valence-electron chi connectivity index (χ2n) is 6.74. The third-order valence-electron chi connectivity index (χ3n) is 4.67. The molecule has 0 radical (unpaired) electrons. The normalized spacial score (nSPS) is 19.6. The van der Waals surface area contributed by atoms with Gasteiger partial charge in [0.25, 0.3) is 0 Å². The zero-order chi connectivity index (χ0) is 18.6. The minimum absolute atomic E-state index is 0.0849. The van der Waals surface area contributed by atoms with Crippen molar-refractivity contribution < 1.29 is 8.42 Å². The standard InChI is InChI=1S/C20H23N3O2S/c1-26(24,25)15-19-14-22-10-11-23(19)20(17-7-3-2-4-8-17)18-9-5-6-16(12-18)13-21/h2-9,12,19-20,22H,10-11,14-15H2,1H3/t19-,20?/m0/s1. The van der Waals surface area contributed by atoms with Gasteiger partial charge in [-0.3, -0.25) is 4.90 Å². The predicted molar refractivity (Wildman–Crippen MR) is 103 cm³/mol. The van der Waals surface area contributed by atoms with E-state index in [1.165, 1.54) is 6.26 Å². The maximum Gasteiger partial charge on any atom is 0.149 e. The van der Waals surface area contributed by atoms with Crippen LogP contribution < -0.4 is 5.32 Å². The summed E-state index contributed by atoms with van der Waals surface area (Å²) in [6.07, 6.45) is 1.29. The zero-order valence-corrected chi connectivity index (χ0v) is 15.6. The molecule has 1 saturated heterocycles. The summed E-state index contributed by atoms with van der Waals surface area (Å²) < 4.78 is 23.9. The lowest BCUT2D eigenvalue weighted by Crippen LogP contribution is -2.55. The van der Waals surface area contributed by atoms with Crippen LogP contribution in [0.2, 0.25) is 0 Å². The SMILES string of the molecule is CS(=O)(=O)C[C@@H]1CNCCN1C(c1ccccc1)c1cccc(C#N)c1. The number of hydrogen-bond acceptors (Lipinski definition) is 5. The van der Waals surface area contributed by atoms with Crippen molar-refractivity contribution in [3.8, 4) is 6.07 Å². The molecule has 1 N–H and O–H groups in total. The van der Waals surface area contributed by atoms with Crippen molar-refractivity contribution in [3.05, 3.63) is 71.3 Å². The lowest BCUT2D eigenvalue weighted by Gasteiger charge is -2.41. The molecular formula is C20H23N3O2S. The average Bonchev–Trinajstić information content (AvgIpc) is 2.63. The summed E-state index contributed by atoms with van der Waals surface area (Å²) in [5, 5.41) is 12.6. The van der Waals surface area contributed by atoms with Crippen molar-refractivity contribution in [2.75, 3.05) is 31.6 Å². The molecule has 0 aromatic heterocycles. The van der Waals surface area contributed by atoms with Crippen LogP contribution in [0.25, 0.3) is 0 Å². The molecule has 0 saturated carbocycles. The fraction of sp³-hybridized carbons (Fsp3) is 0.350. The smallest absolute Gasteiger partial charge is 0.149 e. The Labute approximate surface area is 155 Å². The Morgan fingerprint density at radius 3 is 2.62 bits per heavy atom. The molecule has 1 unspecified atom stereocenters. The van der Waals surface area contributed by atoms with Crippen LogP contribution in [-0.2, 0) is 9.84 Å². The Hall–Kier alpha value is -2.20. The number of nitrogens with one attached hydrogen (secondary N) is 1. The van der Waals surface area contributed by atoms with Crippen LogP contribution >= 0.6 is 0 Å². The highest BCUT2D eigenvalue weighted by atomic mass is 32.2. The first-order valence-electron chi connectivity index (χ1n) is 8.67. The van der Waals surface area contributed by atoms with Gasteiger partial charge in [0, 0.05) is 31.9 Å². The van der Waals surface area contributed by atoms with Gasteiger partial charge in [-0.1, -0.05) is 42.5 Å². The van der Waals surface area contributed by atoms with E-state index in [0.717, 1.165) is 24.2 Å². The number of nitriles is 1. The first-order chi connectivity index (χ1) is 12.5. The molecule has 0 aliphatic carbocycles. The van der Waals surface area contributed by atoms with Crippen molar-refractivity contribution in [1.29, 1.82) is 5.26 Å².